The van der Waals surface area contributed by atoms with Crippen LogP contribution in [0.5, 0.6) is 0 Å². The van der Waals surface area contributed by atoms with Crippen LogP contribution in [-0.2, 0) is 22.7 Å². The van der Waals surface area contributed by atoms with Crippen molar-refractivity contribution in [2.45, 2.75) is 26.9 Å². The smallest absolute Gasteiger partial charge is 0.244 e. The molecule has 3 rings (SSSR count). The van der Waals surface area contributed by atoms with E-state index in [0.717, 1.165) is 21.2 Å². The van der Waals surface area contributed by atoms with E-state index in [1.807, 2.05) is 66.9 Å². The number of rotatable bonds is 6. The van der Waals surface area contributed by atoms with Gasteiger partial charge in [0.05, 0.1) is 17.6 Å². The highest BCUT2D eigenvalue weighted by Gasteiger charge is 2.15. The molecule has 140 valence electrons. The number of imidazole rings is 1. The van der Waals surface area contributed by atoms with E-state index in [-0.39, 0.29) is 30.8 Å². The number of nitrogens with zero attached hydrogens (tertiary/aromatic N) is 2. The Bertz CT molecular complexity index is 964. The predicted octanol–water partition coefficient (Wildman–Crippen LogP) is 3.71. The van der Waals surface area contributed by atoms with Gasteiger partial charge in [0.15, 0.2) is 0 Å². The maximum absolute atomic E-state index is 12.5. The molecule has 2 aromatic carbocycles. The summed E-state index contributed by atoms with van der Waals surface area (Å²) in [4.78, 5) is 29.0. The maximum atomic E-state index is 12.5. The minimum atomic E-state index is -0.156. The third-order valence-electron chi connectivity index (χ3n) is 4.11. The zero-order chi connectivity index (χ0) is 19.4. The molecule has 0 aliphatic rings. The molecule has 1 aromatic heterocycles. The molecule has 0 unspecified atom stereocenters. The monoisotopic (exact) mass is 428 g/mol. The van der Waals surface area contributed by atoms with Gasteiger partial charge in [0.25, 0.3) is 0 Å². The van der Waals surface area contributed by atoms with Crippen LogP contribution in [0, 0.1) is 5.92 Å². The van der Waals surface area contributed by atoms with Crippen LogP contribution in [-0.4, -0.2) is 21.4 Å². The largest absolute Gasteiger partial charge is 0.349 e. The van der Waals surface area contributed by atoms with Gasteiger partial charge in [0.2, 0.25) is 11.8 Å². The second-order valence-electron chi connectivity index (χ2n) is 6.53. The van der Waals surface area contributed by atoms with Gasteiger partial charge < -0.3 is 15.2 Å². The minimum Gasteiger partial charge on any atom is -0.349 e. The van der Waals surface area contributed by atoms with Crippen LogP contribution in [0.25, 0.3) is 11.0 Å². The molecule has 0 fully saturated rings. The van der Waals surface area contributed by atoms with Gasteiger partial charge in [-0.15, -0.1) is 0 Å². The van der Waals surface area contributed by atoms with Crippen LogP contribution in [0.2, 0.25) is 0 Å². The first kappa shape index (κ1) is 19.1. The number of benzene rings is 2. The number of carbonyl (C=O) groups is 2. The van der Waals surface area contributed by atoms with Crippen molar-refractivity contribution in [3.8, 4) is 0 Å². The van der Waals surface area contributed by atoms with Crippen molar-refractivity contribution in [3.63, 3.8) is 0 Å². The van der Waals surface area contributed by atoms with Gasteiger partial charge in [-0.2, -0.15) is 0 Å². The van der Waals surface area contributed by atoms with Crippen molar-refractivity contribution in [1.82, 2.24) is 14.9 Å². The van der Waals surface area contributed by atoms with Crippen molar-refractivity contribution in [1.29, 1.82) is 0 Å². The Balaban J connectivity index is 1.80. The number of anilines is 1. The van der Waals surface area contributed by atoms with Crippen molar-refractivity contribution >= 4 is 44.5 Å². The highest BCUT2D eigenvalue weighted by molar-refractivity contribution is 9.10. The maximum Gasteiger partial charge on any atom is 0.244 e. The molecular weight excluding hydrogens is 408 g/mol. The zero-order valence-electron chi connectivity index (χ0n) is 15.2. The highest BCUT2D eigenvalue weighted by Crippen LogP contribution is 2.18. The average molecular weight is 429 g/mol. The van der Waals surface area contributed by atoms with Gasteiger partial charge in [0, 0.05) is 16.1 Å². The second-order valence-corrected chi connectivity index (χ2v) is 7.45. The first-order chi connectivity index (χ1) is 12.9. The van der Waals surface area contributed by atoms with Crippen LogP contribution in [0.3, 0.4) is 0 Å². The molecule has 0 saturated carbocycles. The fraction of sp³-hybridized carbons (Fsp3) is 0.250. The number of para-hydroxylation sites is 2. The van der Waals surface area contributed by atoms with E-state index in [1.54, 1.807) is 0 Å². The molecule has 2 amide bonds. The Hall–Kier alpha value is -2.67. The molecule has 27 heavy (non-hydrogen) atoms. The molecule has 7 heteroatoms. The summed E-state index contributed by atoms with van der Waals surface area (Å²) in [6.45, 7) is 4.06. The number of hydrogen-bond donors (Lipinski definition) is 2. The topological polar surface area (TPSA) is 76.0 Å². The molecule has 0 atom stereocenters. The second kappa shape index (κ2) is 8.35. The summed E-state index contributed by atoms with van der Waals surface area (Å²) in [5.41, 5.74) is 2.38. The number of fused-ring (bicyclic) bond motifs is 1. The summed E-state index contributed by atoms with van der Waals surface area (Å²) in [5.74, 6) is 0.338. The third-order valence-corrected chi connectivity index (χ3v) is 4.64. The first-order valence-corrected chi connectivity index (χ1v) is 9.50. The van der Waals surface area contributed by atoms with E-state index in [4.69, 9.17) is 0 Å². The fourth-order valence-corrected chi connectivity index (χ4v) is 2.95. The lowest BCUT2D eigenvalue weighted by molar-refractivity contribution is -0.124. The van der Waals surface area contributed by atoms with E-state index in [0.29, 0.717) is 5.82 Å². The van der Waals surface area contributed by atoms with Gasteiger partial charge in [0.1, 0.15) is 12.4 Å². The number of carbonyl (C=O) groups excluding carboxylic acids is 2. The first-order valence-electron chi connectivity index (χ1n) is 8.71. The van der Waals surface area contributed by atoms with Crippen LogP contribution in [0.15, 0.2) is 53.0 Å². The number of halogens is 1. The van der Waals surface area contributed by atoms with Crippen LogP contribution >= 0.6 is 15.9 Å². The molecule has 6 nitrogen and oxygen atoms in total. The standard InChI is InChI=1S/C20H21BrN4O2/c1-13(2)20(27)22-11-18-24-16-5-3-4-6-17(16)25(18)12-19(26)23-15-9-7-14(21)8-10-15/h3-10,13H,11-12H2,1-2H3,(H,22,27)(H,23,26). The van der Waals surface area contributed by atoms with Gasteiger partial charge in [-0.05, 0) is 36.4 Å². The molecule has 2 N–H and O–H groups in total. The van der Waals surface area contributed by atoms with Gasteiger partial charge in [-0.25, -0.2) is 4.98 Å². The third kappa shape index (κ3) is 4.74. The van der Waals surface area contributed by atoms with Gasteiger partial charge in [-0.1, -0.05) is 41.9 Å². The average Bonchev–Trinajstić information content (AvgIpc) is 2.99. The summed E-state index contributed by atoms with van der Waals surface area (Å²) in [7, 11) is 0. The molecule has 0 radical (unpaired) electrons. The quantitative estimate of drug-likeness (QED) is 0.628. The van der Waals surface area contributed by atoms with Gasteiger partial charge in [-0.3, -0.25) is 9.59 Å². The van der Waals surface area contributed by atoms with E-state index in [2.05, 4.69) is 31.5 Å². The minimum absolute atomic E-state index is 0.0482. The summed E-state index contributed by atoms with van der Waals surface area (Å²) in [6, 6.07) is 15.0. The van der Waals surface area contributed by atoms with Crippen molar-refractivity contribution in [3.05, 3.63) is 58.8 Å². The van der Waals surface area contributed by atoms with Crippen LogP contribution in [0.4, 0.5) is 5.69 Å². The van der Waals surface area contributed by atoms with Crippen LogP contribution in [0.1, 0.15) is 19.7 Å². The highest BCUT2D eigenvalue weighted by atomic mass is 79.9. The van der Waals surface area contributed by atoms with Gasteiger partial charge >= 0.3 is 0 Å². The molecule has 0 spiro atoms. The summed E-state index contributed by atoms with van der Waals surface area (Å²) < 4.78 is 2.79. The fourth-order valence-electron chi connectivity index (χ4n) is 2.68. The number of hydrogen-bond acceptors (Lipinski definition) is 3. The van der Waals surface area contributed by atoms with Crippen LogP contribution < -0.4 is 10.6 Å². The zero-order valence-corrected chi connectivity index (χ0v) is 16.8. The molecule has 0 aliphatic carbocycles. The molecule has 0 saturated heterocycles. The lowest BCUT2D eigenvalue weighted by atomic mass is 10.2. The summed E-state index contributed by atoms with van der Waals surface area (Å²) in [6.07, 6.45) is 0. The lowest BCUT2D eigenvalue weighted by Gasteiger charge is -2.12. The number of nitrogens with one attached hydrogen (secondary N) is 2. The van der Waals surface area contributed by atoms with E-state index in [9.17, 15) is 9.59 Å². The summed E-state index contributed by atoms with van der Waals surface area (Å²) >= 11 is 3.38. The lowest BCUT2D eigenvalue weighted by Crippen LogP contribution is -2.29. The van der Waals surface area contributed by atoms with Crippen molar-refractivity contribution < 1.29 is 9.59 Å². The Kier molecular flexibility index (Phi) is 5.91. The van der Waals surface area contributed by atoms with Crippen molar-refractivity contribution in [2.24, 2.45) is 5.92 Å². The molecule has 3 aromatic rings. The van der Waals surface area contributed by atoms with E-state index < -0.39 is 0 Å². The normalized spacial score (nSPS) is 11.0. The summed E-state index contributed by atoms with van der Waals surface area (Å²) in [5, 5.41) is 5.76. The van der Waals surface area contributed by atoms with E-state index >= 15 is 0 Å². The Labute approximate surface area is 166 Å². The SMILES string of the molecule is CC(C)C(=O)NCc1nc2ccccc2n1CC(=O)Nc1ccc(Br)cc1. The number of aromatic nitrogens is 2. The molecular formula is C20H21BrN4O2. The van der Waals surface area contributed by atoms with E-state index in [1.165, 1.54) is 0 Å². The number of amides is 2. The molecule has 1 heterocycles. The predicted molar refractivity (Wildman–Crippen MR) is 109 cm³/mol. The van der Waals surface area contributed by atoms with Crippen molar-refractivity contribution in [2.75, 3.05) is 5.32 Å². The molecule has 0 bridgehead atoms. The Morgan fingerprint density at radius 3 is 2.52 bits per heavy atom. The Morgan fingerprint density at radius 2 is 1.81 bits per heavy atom. The Morgan fingerprint density at radius 1 is 1.11 bits per heavy atom. The molecule has 0 aliphatic heterocycles.